The van der Waals surface area contributed by atoms with Crippen molar-refractivity contribution in [1.29, 1.82) is 0 Å². The fourth-order valence-corrected chi connectivity index (χ4v) is 1.49. The van der Waals surface area contributed by atoms with Crippen LogP contribution in [0.1, 0.15) is 11.1 Å². The number of pyridine rings is 1. The van der Waals surface area contributed by atoms with Crippen molar-refractivity contribution >= 4 is 0 Å². The highest BCUT2D eigenvalue weighted by Crippen LogP contribution is 2.37. The van der Waals surface area contributed by atoms with Gasteiger partial charge in [-0.05, 0) is 17.7 Å². The van der Waals surface area contributed by atoms with Crippen LogP contribution in [0.4, 0.5) is 13.2 Å². The average molecular weight is 268 g/mol. The Morgan fingerprint density at radius 1 is 1.11 bits per heavy atom. The number of nitrogens with two attached hydrogens (primary N) is 1. The second-order valence-electron chi connectivity index (χ2n) is 3.80. The second kappa shape index (κ2) is 5.27. The summed E-state index contributed by atoms with van der Waals surface area (Å²) >= 11 is 0. The minimum absolute atomic E-state index is 0.0916. The van der Waals surface area contributed by atoms with Gasteiger partial charge in [0.15, 0.2) is 0 Å². The Labute approximate surface area is 107 Å². The van der Waals surface area contributed by atoms with E-state index in [2.05, 4.69) is 4.98 Å². The van der Waals surface area contributed by atoms with Gasteiger partial charge in [-0.3, -0.25) is 0 Å². The Morgan fingerprint density at radius 2 is 1.84 bits per heavy atom. The van der Waals surface area contributed by atoms with Gasteiger partial charge in [-0.15, -0.1) is 0 Å². The number of benzene rings is 1. The van der Waals surface area contributed by atoms with Gasteiger partial charge in [-0.2, -0.15) is 13.2 Å². The highest BCUT2D eigenvalue weighted by molar-refractivity contribution is 5.38. The van der Waals surface area contributed by atoms with E-state index in [0.717, 1.165) is 11.6 Å². The van der Waals surface area contributed by atoms with Crippen molar-refractivity contribution in [2.45, 2.75) is 12.7 Å². The lowest BCUT2D eigenvalue weighted by atomic mass is 10.2. The molecule has 0 radical (unpaired) electrons. The van der Waals surface area contributed by atoms with E-state index < -0.39 is 11.7 Å². The Kier molecular flexibility index (Phi) is 3.71. The summed E-state index contributed by atoms with van der Waals surface area (Å²) in [5.41, 5.74) is 5.34. The minimum Gasteiger partial charge on any atom is -0.438 e. The van der Waals surface area contributed by atoms with Gasteiger partial charge in [0, 0.05) is 18.8 Å². The fourth-order valence-electron chi connectivity index (χ4n) is 1.49. The molecule has 2 rings (SSSR count). The van der Waals surface area contributed by atoms with Crippen LogP contribution in [0.5, 0.6) is 11.6 Å². The predicted octanol–water partition coefficient (Wildman–Crippen LogP) is 3.35. The Morgan fingerprint density at radius 3 is 2.42 bits per heavy atom. The second-order valence-corrected chi connectivity index (χ2v) is 3.80. The van der Waals surface area contributed by atoms with Crippen molar-refractivity contribution in [2.24, 2.45) is 5.73 Å². The third kappa shape index (κ3) is 3.23. The summed E-state index contributed by atoms with van der Waals surface area (Å²) in [6.07, 6.45) is -3.00. The molecule has 0 atom stereocenters. The lowest BCUT2D eigenvalue weighted by Gasteiger charge is -2.12. The minimum atomic E-state index is -4.46. The number of hydrogen-bond acceptors (Lipinski definition) is 3. The highest BCUT2D eigenvalue weighted by Gasteiger charge is 2.34. The van der Waals surface area contributed by atoms with E-state index >= 15 is 0 Å². The van der Waals surface area contributed by atoms with E-state index in [1.165, 1.54) is 30.5 Å². The summed E-state index contributed by atoms with van der Waals surface area (Å²) in [6, 6.07) is 8.12. The number of aromatic nitrogens is 1. The SMILES string of the molecule is NCc1ccc(Oc2ccccc2C(F)(F)F)nc1. The average Bonchev–Trinajstić information content (AvgIpc) is 2.39. The van der Waals surface area contributed by atoms with Gasteiger partial charge in [0.1, 0.15) is 5.75 Å². The van der Waals surface area contributed by atoms with Crippen LogP contribution >= 0.6 is 0 Å². The van der Waals surface area contributed by atoms with E-state index in [9.17, 15) is 13.2 Å². The first-order chi connectivity index (χ1) is 9.00. The molecule has 3 nitrogen and oxygen atoms in total. The molecule has 1 heterocycles. The normalized spacial score (nSPS) is 11.4. The standard InChI is InChI=1S/C13H11F3N2O/c14-13(15,16)10-3-1-2-4-11(10)19-12-6-5-9(7-17)8-18-12/h1-6,8H,7,17H2. The summed E-state index contributed by atoms with van der Waals surface area (Å²) in [5.74, 6) is -0.183. The number of alkyl halides is 3. The van der Waals surface area contributed by atoms with Gasteiger partial charge in [-0.25, -0.2) is 4.98 Å². The molecule has 1 aromatic carbocycles. The van der Waals surface area contributed by atoms with Crippen LogP contribution in [0.2, 0.25) is 0 Å². The Balaban J connectivity index is 2.28. The molecule has 19 heavy (non-hydrogen) atoms. The molecule has 100 valence electrons. The molecule has 2 aromatic rings. The molecular weight excluding hydrogens is 257 g/mol. The van der Waals surface area contributed by atoms with Crippen LogP contribution in [0.25, 0.3) is 0 Å². The first kappa shape index (κ1) is 13.4. The zero-order valence-corrected chi connectivity index (χ0v) is 9.82. The molecule has 0 unspecified atom stereocenters. The number of hydrogen-bond donors (Lipinski definition) is 1. The number of rotatable bonds is 3. The molecule has 0 aliphatic heterocycles. The molecule has 0 aliphatic rings. The molecule has 1 aromatic heterocycles. The van der Waals surface area contributed by atoms with Gasteiger partial charge >= 0.3 is 6.18 Å². The van der Waals surface area contributed by atoms with Crippen molar-refractivity contribution in [2.75, 3.05) is 0 Å². The van der Waals surface area contributed by atoms with Gasteiger partial charge in [0.25, 0.3) is 0 Å². The molecule has 6 heteroatoms. The van der Waals surface area contributed by atoms with E-state index in [-0.39, 0.29) is 11.6 Å². The molecule has 0 saturated heterocycles. The fraction of sp³-hybridized carbons (Fsp3) is 0.154. The van der Waals surface area contributed by atoms with E-state index in [1.54, 1.807) is 6.07 Å². The van der Waals surface area contributed by atoms with Crippen molar-refractivity contribution < 1.29 is 17.9 Å². The summed E-state index contributed by atoms with van der Waals surface area (Å²) in [4.78, 5) is 3.90. The molecule has 0 aliphatic carbocycles. The maximum atomic E-state index is 12.8. The quantitative estimate of drug-likeness (QED) is 0.928. The molecule has 0 fully saturated rings. The monoisotopic (exact) mass is 268 g/mol. The molecule has 0 spiro atoms. The molecule has 2 N–H and O–H groups in total. The number of halogens is 3. The van der Waals surface area contributed by atoms with E-state index in [1.807, 2.05) is 0 Å². The van der Waals surface area contributed by atoms with Crippen LogP contribution in [-0.4, -0.2) is 4.98 Å². The van der Waals surface area contributed by atoms with Crippen molar-refractivity contribution in [3.05, 3.63) is 53.7 Å². The molecule has 0 saturated carbocycles. The summed E-state index contributed by atoms with van der Waals surface area (Å²) in [5, 5.41) is 0. The lowest BCUT2D eigenvalue weighted by Crippen LogP contribution is -2.07. The Hall–Kier alpha value is -2.08. The van der Waals surface area contributed by atoms with Gasteiger partial charge in [-0.1, -0.05) is 18.2 Å². The van der Waals surface area contributed by atoms with E-state index in [4.69, 9.17) is 10.5 Å². The van der Waals surface area contributed by atoms with E-state index in [0.29, 0.717) is 6.54 Å². The van der Waals surface area contributed by atoms with Crippen molar-refractivity contribution in [3.63, 3.8) is 0 Å². The first-order valence-electron chi connectivity index (χ1n) is 5.50. The van der Waals surface area contributed by atoms with Crippen molar-refractivity contribution in [3.8, 4) is 11.6 Å². The third-order valence-electron chi connectivity index (χ3n) is 2.44. The predicted molar refractivity (Wildman–Crippen MR) is 63.6 cm³/mol. The molecular formula is C13H11F3N2O. The zero-order chi connectivity index (χ0) is 13.9. The molecule has 0 bridgehead atoms. The summed E-state index contributed by atoms with van der Waals surface area (Å²) in [7, 11) is 0. The smallest absolute Gasteiger partial charge is 0.419 e. The van der Waals surface area contributed by atoms with Crippen LogP contribution in [-0.2, 0) is 12.7 Å². The van der Waals surface area contributed by atoms with Gasteiger partial charge in [0.05, 0.1) is 5.56 Å². The maximum Gasteiger partial charge on any atom is 0.419 e. The number of para-hydroxylation sites is 1. The van der Waals surface area contributed by atoms with Gasteiger partial charge in [0.2, 0.25) is 5.88 Å². The summed E-state index contributed by atoms with van der Waals surface area (Å²) < 4.78 is 43.4. The number of nitrogens with zero attached hydrogens (tertiary/aromatic N) is 1. The van der Waals surface area contributed by atoms with Gasteiger partial charge < -0.3 is 10.5 Å². The summed E-state index contributed by atoms with van der Waals surface area (Å²) in [6.45, 7) is 0.312. The highest BCUT2D eigenvalue weighted by atomic mass is 19.4. The van der Waals surface area contributed by atoms with Crippen LogP contribution in [0, 0.1) is 0 Å². The maximum absolute atomic E-state index is 12.8. The Bertz CT molecular complexity index is 553. The van der Waals surface area contributed by atoms with Crippen molar-refractivity contribution in [1.82, 2.24) is 4.98 Å². The van der Waals surface area contributed by atoms with Crippen LogP contribution < -0.4 is 10.5 Å². The van der Waals surface area contributed by atoms with Crippen LogP contribution in [0.3, 0.4) is 0 Å². The lowest BCUT2D eigenvalue weighted by molar-refractivity contribution is -0.138. The largest absolute Gasteiger partial charge is 0.438 e. The number of ether oxygens (including phenoxy) is 1. The third-order valence-corrected chi connectivity index (χ3v) is 2.44. The zero-order valence-electron chi connectivity index (χ0n) is 9.82. The topological polar surface area (TPSA) is 48.1 Å². The first-order valence-corrected chi connectivity index (χ1v) is 5.50. The van der Waals surface area contributed by atoms with Crippen LogP contribution in [0.15, 0.2) is 42.6 Å². The molecule has 0 amide bonds.